The minimum absolute atomic E-state index is 0.0448. The highest BCUT2D eigenvalue weighted by atomic mass is 32.2. The first kappa shape index (κ1) is 17.4. The Labute approximate surface area is 137 Å². The van der Waals surface area contributed by atoms with E-state index < -0.39 is 27.7 Å². The van der Waals surface area contributed by atoms with Crippen molar-refractivity contribution in [3.8, 4) is 0 Å². The molecule has 1 aromatic carbocycles. The predicted octanol–water partition coefficient (Wildman–Crippen LogP) is 2.97. The second-order valence-electron chi connectivity index (χ2n) is 4.88. The molecule has 0 saturated heterocycles. The first-order chi connectivity index (χ1) is 10.7. The van der Waals surface area contributed by atoms with Gasteiger partial charge in [0.15, 0.2) is 5.13 Å². The molecule has 0 aliphatic heterocycles. The van der Waals surface area contributed by atoms with Crippen LogP contribution in [-0.2, 0) is 14.8 Å². The van der Waals surface area contributed by atoms with Gasteiger partial charge in [-0.25, -0.2) is 17.8 Å². The van der Waals surface area contributed by atoms with Gasteiger partial charge in [-0.05, 0) is 31.0 Å². The molecule has 0 bridgehead atoms. The van der Waals surface area contributed by atoms with Gasteiger partial charge in [0.2, 0.25) is 0 Å². The van der Waals surface area contributed by atoms with Crippen molar-refractivity contribution >= 4 is 32.5 Å². The van der Waals surface area contributed by atoms with Gasteiger partial charge in [0.25, 0.3) is 10.0 Å². The number of halogens is 1. The van der Waals surface area contributed by atoms with E-state index in [0.717, 1.165) is 17.4 Å². The molecule has 1 heterocycles. The van der Waals surface area contributed by atoms with Gasteiger partial charge in [0, 0.05) is 11.1 Å². The number of rotatable bonds is 6. The lowest BCUT2D eigenvalue weighted by Gasteiger charge is -2.08. The predicted molar refractivity (Wildman–Crippen MR) is 84.7 cm³/mol. The van der Waals surface area contributed by atoms with Crippen LogP contribution in [0.2, 0.25) is 0 Å². The van der Waals surface area contributed by atoms with E-state index in [2.05, 4.69) is 9.71 Å². The number of aliphatic carboxylic acids is 1. The molecule has 0 fully saturated rings. The molecule has 2 N–H and O–H groups in total. The SMILES string of the molecule is CCC(C(=O)O)c1cnc(NS(=O)(=O)c2cc(F)ccc2C)s1. The first-order valence-corrected chi connectivity index (χ1v) is 9.02. The van der Waals surface area contributed by atoms with Crippen molar-refractivity contribution in [1.29, 1.82) is 0 Å². The highest BCUT2D eigenvalue weighted by Gasteiger charge is 2.23. The zero-order chi connectivity index (χ0) is 17.2. The Kier molecular flexibility index (Phi) is 5.00. The quantitative estimate of drug-likeness (QED) is 0.827. The minimum Gasteiger partial charge on any atom is -0.481 e. The minimum atomic E-state index is -4.00. The zero-order valence-electron chi connectivity index (χ0n) is 12.4. The summed E-state index contributed by atoms with van der Waals surface area (Å²) >= 11 is 0.950. The Hall–Kier alpha value is -2.00. The third-order valence-corrected chi connectivity index (χ3v) is 5.87. The molecule has 2 aromatic rings. The standard InChI is InChI=1S/C14H15FN2O4S2/c1-3-10(13(18)19)11-7-16-14(22-11)17-23(20,21)12-6-9(15)5-4-8(12)2/h4-7,10H,3H2,1-2H3,(H,16,17)(H,18,19). The largest absolute Gasteiger partial charge is 0.481 e. The number of thiazole rings is 1. The fourth-order valence-electron chi connectivity index (χ4n) is 2.03. The Morgan fingerprint density at radius 1 is 1.48 bits per heavy atom. The zero-order valence-corrected chi connectivity index (χ0v) is 14.0. The number of aromatic nitrogens is 1. The van der Waals surface area contributed by atoms with Crippen LogP contribution < -0.4 is 4.72 Å². The van der Waals surface area contributed by atoms with Crippen LogP contribution in [0.5, 0.6) is 0 Å². The van der Waals surface area contributed by atoms with Gasteiger partial charge < -0.3 is 5.11 Å². The van der Waals surface area contributed by atoms with E-state index in [1.165, 1.54) is 18.3 Å². The van der Waals surface area contributed by atoms with Gasteiger partial charge in [-0.3, -0.25) is 9.52 Å². The second kappa shape index (κ2) is 6.63. The lowest BCUT2D eigenvalue weighted by atomic mass is 10.1. The second-order valence-corrected chi connectivity index (χ2v) is 7.60. The molecule has 2 rings (SSSR count). The summed E-state index contributed by atoms with van der Waals surface area (Å²) in [6.07, 6.45) is 1.70. The fraction of sp³-hybridized carbons (Fsp3) is 0.286. The number of hydrogen-bond donors (Lipinski definition) is 2. The van der Waals surface area contributed by atoms with Gasteiger partial charge in [-0.1, -0.05) is 13.0 Å². The molecule has 0 saturated carbocycles. The van der Waals surface area contributed by atoms with Crippen LogP contribution in [0.1, 0.15) is 29.7 Å². The number of nitrogens with one attached hydrogen (secondary N) is 1. The average Bonchev–Trinajstić information content (AvgIpc) is 2.89. The van der Waals surface area contributed by atoms with Crippen LogP contribution in [-0.4, -0.2) is 24.5 Å². The first-order valence-electron chi connectivity index (χ1n) is 6.72. The van der Waals surface area contributed by atoms with Crippen molar-refractivity contribution in [3.63, 3.8) is 0 Å². The van der Waals surface area contributed by atoms with E-state index in [1.807, 2.05) is 0 Å². The number of carboxylic acid groups (broad SMARTS) is 1. The van der Waals surface area contributed by atoms with E-state index in [-0.39, 0.29) is 10.0 Å². The van der Waals surface area contributed by atoms with E-state index in [1.54, 1.807) is 13.8 Å². The smallest absolute Gasteiger partial charge is 0.311 e. The number of anilines is 1. The van der Waals surface area contributed by atoms with Crippen LogP contribution in [0.25, 0.3) is 0 Å². The summed E-state index contributed by atoms with van der Waals surface area (Å²) in [7, 11) is -4.00. The summed E-state index contributed by atoms with van der Waals surface area (Å²) in [6, 6.07) is 3.47. The van der Waals surface area contributed by atoms with Gasteiger partial charge in [-0.2, -0.15) is 0 Å². The molecule has 9 heteroatoms. The molecule has 6 nitrogen and oxygen atoms in total. The molecule has 23 heavy (non-hydrogen) atoms. The van der Waals surface area contributed by atoms with Crippen molar-refractivity contribution < 1.29 is 22.7 Å². The normalized spacial score (nSPS) is 12.8. The van der Waals surface area contributed by atoms with Gasteiger partial charge in [-0.15, -0.1) is 11.3 Å². The van der Waals surface area contributed by atoms with Crippen LogP contribution in [0.4, 0.5) is 9.52 Å². The molecule has 1 atom stereocenters. The number of hydrogen-bond acceptors (Lipinski definition) is 5. The van der Waals surface area contributed by atoms with Crippen LogP contribution in [0, 0.1) is 12.7 Å². The number of sulfonamides is 1. The molecule has 1 aromatic heterocycles. The Balaban J connectivity index is 2.30. The number of aryl methyl sites for hydroxylation is 1. The van der Waals surface area contributed by atoms with Gasteiger partial charge >= 0.3 is 5.97 Å². The number of benzene rings is 1. The Morgan fingerprint density at radius 2 is 2.17 bits per heavy atom. The van der Waals surface area contributed by atoms with Gasteiger partial charge in [0.05, 0.1) is 10.8 Å². The van der Waals surface area contributed by atoms with Crippen molar-refractivity contribution in [2.24, 2.45) is 0 Å². The Bertz CT molecular complexity index is 833. The van der Waals surface area contributed by atoms with Crippen LogP contribution >= 0.6 is 11.3 Å². The number of nitrogens with zero attached hydrogens (tertiary/aromatic N) is 1. The van der Waals surface area contributed by atoms with Crippen LogP contribution in [0.3, 0.4) is 0 Å². The summed E-state index contributed by atoms with van der Waals surface area (Å²) in [4.78, 5) is 15.3. The summed E-state index contributed by atoms with van der Waals surface area (Å²) in [5, 5.41) is 9.16. The Morgan fingerprint density at radius 3 is 2.78 bits per heavy atom. The molecule has 0 amide bonds. The summed E-state index contributed by atoms with van der Waals surface area (Å²) in [5.74, 6) is -2.39. The molecule has 1 unspecified atom stereocenters. The third kappa shape index (κ3) is 3.85. The molecular weight excluding hydrogens is 343 g/mol. The highest BCUT2D eigenvalue weighted by molar-refractivity contribution is 7.93. The van der Waals surface area contributed by atoms with Gasteiger partial charge in [0.1, 0.15) is 5.82 Å². The van der Waals surface area contributed by atoms with E-state index in [9.17, 15) is 17.6 Å². The molecular formula is C14H15FN2O4S2. The molecule has 0 spiro atoms. The lowest BCUT2D eigenvalue weighted by Crippen LogP contribution is -2.14. The van der Waals surface area contributed by atoms with Crippen LogP contribution in [0.15, 0.2) is 29.3 Å². The van der Waals surface area contributed by atoms with Crippen molar-refractivity contribution in [1.82, 2.24) is 4.98 Å². The van der Waals surface area contributed by atoms with Crippen molar-refractivity contribution in [2.75, 3.05) is 4.72 Å². The molecule has 124 valence electrons. The highest BCUT2D eigenvalue weighted by Crippen LogP contribution is 2.30. The number of carbonyl (C=O) groups is 1. The summed E-state index contributed by atoms with van der Waals surface area (Å²) < 4.78 is 40.2. The maximum atomic E-state index is 13.3. The van der Waals surface area contributed by atoms with E-state index in [0.29, 0.717) is 16.9 Å². The summed E-state index contributed by atoms with van der Waals surface area (Å²) in [6.45, 7) is 3.28. The number of carboxylic acids is 1. The molecule has 0 radical (unpaired) electrons. The topological polar surface area (TPSA) is 96.4 Å². The monoisotopic (exact) mass is 358 g/mol. The average molecular weight is 358 g/mol. The maximum Gasteiger partial charge on any atom is 0.311 e. The molecule has 0 aliphatic carbocycles. The van der Waals surface area contributed by atoms with E-state index >= 15 is 0 Å². The van der Waals surface area contributed by atoms with Crippen molar-refractivity contribution in [3.05, 3.63) is 40.7 Å². The third-order valence-electron chi connectivity index (χ3n) is 3.23. The maximum absolute atomic E-state index is 13.3. The molecule has 0 aliphatic rings. The lowest BCUT2D eigenvalue weighted by molar-refractivity contribution is -0.138. The van der Waals surface area contributed by atoms with E-state index in [4.69, 9.17) is 5.11 Å². The summed E-state index contributed by atoms with van der Waals surface area (Å²) in [5.41, 5.74) is 0.396. The fourth-order valence-corrected chi connectivity index (χ4v) is 4.52. The van der Waals surface area contributed by atoms with Crippen molar-refractivity contribution in [2.45, 2.75) is 31.1 Å².